The summed E-state index contributed by atoms with van der Waals surface area (Å²) in [5.41, 5.74) is 2.81. The van der Waals surface area contributed by atoms with Gasteiger partial charge in [0.25, 0.3) is 6.43 Å². The predicted molar refractivity (Wildman–Crippen MR) is 76.4 cm³/mol. The van der Waals surface area contributed by atoms with Crippen molar-refractivity contribution in [2.24, 2.45) is 0 Å². The van der Waals surface area contributed by atoms with Crippen molar-refractivity contribution in [1.29, 1.82) is 0 Å². The van der Waals surface area contributed by atoms with E-state index in [2.05, 4.69) is 20.9 Å². The van der Waals surface area contributed by atoms with Crippen LogP contribution in [0.3, 0.4) is 0 Å². The van der Waals surface area contributed by atoms with Crippen LogP contribution < -0.4 is 0 Å². The molecule has 3 rings (SSSR count). The summed E-state index contributed by atoms with van der Waals surface area (Å²) in [6, 6.07) is 10.4. The van der Waals surface area contributed by atoms with Crippen LogP contribution in [-0.2, 0) is 13.1 Å². The molecule has 0 N–H and O–H groups in total. The molecule has 1 unspecified atom stereocenters. The van der Waals surface area contributed by atoms with Crippen LogP contribution in [0.2, 0.25) is 0 Å². The van der Waals surface area contributed by atoms with E-state index in [1.165, 1.54) is 6.20 Å². The van der Waals surface area contributed by atoms with Crippen molar-refractivity contribution in [2.45, 2.75) is 25.6 Å². The average molecular weight is 339 g/mol. The number of alkyl halides is 2. The van der Waals surface area contributed by atoms with Crippen molar-refractivity contribution in [3.05, 3.63) is 63.9 Å². The van der Waals surface area contributed by atoms with Crippen LogP contribution in [0.5, 0.6) is 0 Å². The highest BCUT2D eigenvalue weighted by atomic mass is 79.9. The Balaban J connectivity index is 1.88. The van der Waals surface area contributed by atoms with Gasteiger partial charge in [-0.3, -0.25) is 4.90 Å². The SMILES string of the molecule is FC(F)C(c1ccc(Br)nc1)N1Cc2ccccc2C1. The Hall–Kier alpha value is -1.33. The minimum atomic E-state index is -2.44. The summed E-state index contributed by atoms with van der Waals surface area (Å²) in [6.07, 6.45) is -0.920. The van der Waals surface area contributed by atoms with E-state index >= 15 is 0 Å². The van der Waals surface area contributed by atoms with E-state index in [4.69, 9.17) is 0 Å². The number of pyridine rings is 1. The third-order valence-corrected chi connectivity index (χ3v) is 4.06. The van der Waals surface area contributed by atoms with Crippen molar-refractivity contribution in [2.75, 3.05) is 0 Å². The normalized spacial score (nSPS) is 16.4. The zero-order chi connectivity index (χ0) is 14.1. The van der Waals surface area contributed by atoms with Gasteiger partial charge in [-0.1, -0.05) is 30.3 Å². The van der Waals surface area contributed by atoms with Gasteiger partial charge >= 0.3 is 0 Å². The van der Waals surface area contributed by atoms with Gasteiger partial charge in [0.05, 0.1) is 6.04 Å². The highest BCUT2D eigenvalue weighted by Crippen LogP contribution is 2.34. The van der Waals surface area contributed by atoms with Gasteiger partial charge in [-0.05, 0) is 38.7 Å². The number of rotatable bonds is 3. The number of benzene rings is 1. The lowest BCUT2D eigenvalue weighted by atomic mass is 10.1. The first-order valence-corrected chi connectivity index (χ1v) is 7.15. The van der Waals surface area contributed by atoms with Crippen LogP contribution in [0.1, 0.15) is 22.7 Å². The van der Waals surface area contributed by atoms with E-state index in [9.17, 15) is 8.78 Å². The molecule has 1 atom stereocenters. The standard InChI is InChI=1S/C15H13BrF2N2/c16-13-6-5-10(7-19-13)14(15(17)18)20-8-11-3-1-2-4-12(11)9-20/h1-7,14-15H,8-9H2. The number of fused-ring (bicyclic) bond motifs is 1. The molecule has 1 aliphatic rings. The molecular weight excluding hydrogens is 326 g/mol. The van der Waals surface area contributed by atoms with Crippen molar-refractivity contribution in [3.63, 3.8) is 0 Å². The lowest BCUT2D eigenvalue weighted by Crippen LogP contribution is -2.29. The van der Waals surface area contributed by atoms with E-state index in [0.29, 0.717) is 23.3 Å². The summed E-state index contributed by atoms with van der Waals surface area (Å²) in [4.78, 5) is 5.87. The second-order valence-electron chi connectivity index (χ2n) is 4.87. The number of aromatic nitrogens is 1. The number of hydrogen-bond donors (Lipinski definition) is 0. The fourth-order valence-corrected chi connectivity index (χ4v) is 2.87. The summed E-state index contributed by atoms with van der Waals surface area (Å²) >= 11 is 3.23. The van der Waals surface area contributed by atoms with Crippen LogP contribution in [0.4, 0.5) is 8.78 Å². The number of halogens is 3. The largest absolute Gasteiger partial charge is 0.283 e. The van der Waals surface area contributed by atoms with Gasteiger partial charge in [0.1, 0.15) is 4.60 Å². The Morgan fingerprint density at radius 3 is 2.20 bits per heavy atom. The van der Waals surface area contributed by atoms with Gasteiger partial charge in [-0.25, -0.2) is 13.8 Å². The summed E-state index contributed by atoms with van der Waals surface area (Å²) in [5.74, 6) is 0. The van der Waals surface area contributed by atoms with E-state index < -0.39 is 12.5 Å². The van der Waals surface area contributed by atoms with Crippen LogP contribution in [-0.4, -0.2) is 16.3 Å². The third-order valence-electron chi connectivity index (χ3n) is 3.59. The van der Waals surface area contributed by atoms with Gasteiger partial charge in [0.2, 0.25) is 0 Å². The zero-order valence-corrected chi connectivity index (χ0v) is 12.2. The summed E-state index contributed by atoms with van der Waals surface area (Å²) in [6.45, 7) is 1.11. The molecule has 1 aromatic carbocycles. The Morgan fingerprint density at radius 2 is 1.70 bits per heavy atom. The molecule has 0 bridgehead atoms. The molecule has 1 aromatic heterocycles. The molecule has 1 aliphatic heterocycles. The molecule has 2 nitrogen and oxygen atoms in total. The van der Waals surface area contributed by atoms with Gasteiger partial charge in [0, 0.05) is 19.3 Å². The monoisotopic (exact) mass is 338 g/mol. The minimum absolute atomic E-state index is 0.552. The first-order chi connectivity index (χ1) is 9.65. The fraction of sp³-hybridized carbons (Fsp3) is 0.267. The van der Waals surface area contributed by atoms with E-state index in [1.54, 1.807) is 17.0 Å². The molecule has 0 aliphatic carbocycles. The first kappa shape index (κ1) is 13.6. The molecule has 5 heteroatoms. The summed E-state index contributed by atoms with van der Waals surface area (Å²) < 4.78 is 27.6. The van der Waals surface area contributed by atoms with Gasteiger partial charge in [-0.15, -0.1) is 0 Å². The van der Waals surface area contributed by atoms with Crippen LogP contribution in [0.15, 0.2) is 47.2 Å². The second kappa shape index (κ2) is 5.58. The summed E-state index contributed by atoms with van der Waals surface area (Å²) in [5, 5.41) is 0. The van der Waals surface area contributed by atoms with Crippen LogP contribution >= 0.6 is 15.9 Å². The zero-order valence-electron chi connectivity index (χ0n) is 10.6. The lowest BCUT2D eigenvalue weighted by molar-refractivity contribution is 0.0214. The number of hydrogen-bond acceptors (Lipinski definition) is 2. The Bertz CT molecular complexity index is 576. The smallest absolute Gasteiger partial charge is 0.258 e. The maximum atomic E-state index is 13.5. The lowest BCUT2D eigenvalue weighted by Gasteiger charge is -2.26. The third kappa shape index (κ3) is 2.60. The molecule has 0 saturated carbocycles. The molecule has 2 aromatic rings. The average Bonchev–Trinajstić information content (AvgIpc) is 2.84. The molecule has 0 spiro atoms. The maximum absolute atomic E-state index is 13.5. The number of nitrogens with zero attached hydrogens (tertiary/aromatic N) is 2. The van der Waals surface area contributed by atoms with Gasteiger partial charge in [0.15, 0.2) is 0 Å². The molecule has 20 heavy (non-hydrogen) atoms. The van der Waals surface area contributed by atoms with Crippen molar-refractivity contribution in [3.8, 4) is 0 Å². The first-order valence-electron chi connectivity index (χ1n) is 6.35. The summed E-state index contributed by atoms with van der Waals surface area (Å²) in [7, 11) is 0. The molecular formula is C15H13BrF2N2. The Morgan fingerprint density at radius 1 is 1.05 bits per heavy atom. The Kier molecular flexibility index (Phi) is 3.81. The second-order valence-corrected chi connectivity index (χ2v) is 5.68. The quantitative estimate of drug-likeness (QED) is 0.781. The molecule has 0 fully saturated rings. The van der Waals surface area contributed by atoms with Crippen LogP contribution in [0.25, 0.3) is 0 Å². The van der Waals surface area contributed by atoms with Gasteiger partial charge < -0.3 is 0 Å². The van der Waals surface area contributed by atoms with Crippen molar-refractivity contribution in [1.82, 2.24) is 9.88 Å². The molecule has 104 valence electrons. The van der Waals surface area contributed by atoms with Crippen molar-refractivity contribution < 1.29 is 8.78 Å². The Labute approximate surface area is 124 Å². The highest BCUT2D eigenvalue weighted by molar-refractivity contribution is 9.10. The maximum Gasteiger partial charge on any atom is 0.258 e. The molecule has 0 amide bonds. The van der Waals surface area contributed by atoms with E-state index in [-0.39, 0.29) is 0 Å². The van der Waals surface area contributed by atoms with E-state index in [0.717, 1.165) is 11.1 Å². The van der Waals surface area contributed by atoms with Crippen LogP contribution in [0, 0.1) is 0 Å². The fourth-order valence-electron chi connectivity index (χ4n) is 2.63. The van der Waals surface area contributed by atoms with E-state index in [1.807, 2.05) is 24.3 Å². The molecule has 0 radical (unpaired) electrons. The topological polar surface area (TPSA) is 16.1 Å². The molecule has 0 saturated heterocycles. The highest BCUT2D eigenvalue weighted by Gasteiger charge is 2.33. The molecule has 2 heterocycles. The van der Waals surface area contributed by atoms with Gasteiger partial charge in [-0.2, -0.15) is 0 Å². The van der Waals surface area contributed by atoms with Crippen molar-refractivity contribution >= 4 is 15.9 Å². The predicted octanol–water partition coefficient (Wildman–Crippen LogP) is 4.17. The minimum Gasteiger partial charge on any atom is -0.283 e.